The van der Waals surface area contributed by atoms with Crippen molar-refractivity contribution in [2.24, 2.45) is 0 Å². The third-order valence-corrected chi connectivity index (χ3v) is 2.87. The van der Waals surface area contributed by atoms with E-state index in [0.717, 1.165) is 17.9 Å². The fourth-order valence-electron chi connectivity index (χ4n) is 0.784. The molecule has 0 saturated carbocycles. The van der Waals surface area contributed by atoms with Crippen LogP contribution in [-0.2, 0) is 13.8 Å². The lowest BCUT2D eigenvalue weighted by atomic mass is 10.3. The number of hydrogen-bond donors (Lipinski definition) is 0. The van der Waals surface area contributed by atoms with E-state index in [2.05, 4.69) is 6.58 Å². The standard InChI is InChI=1S/C8H16O3PS/c1-3-6-13-7-8(10-2)4-5-11-12-9/h3,8,12H,1,4-7H2,2H3/q+1/t8-/m1/s1. The topological polar surface area (TPSA) is 35.5 Å². The van der Waals surface area contributed by atoms with E-state index in [9.17, 15) is 4.57 Å². The molecule has 0 aliphatic heterocycles. The molecule has 0 amide bonds. The van der Waals surface area contributed by atoms with Crippen molar-refractivity contribution in [1.29, 1.82) is 0 Å². The van der Waals surface area contributed by atoms with Gasteiger partial charge in [0.25, 0.3) is 0 Å². The molecule has 0 heterocycles. The molecule has 0 radical (unpaired) electrons. The van der Waals surface area contributed by atoms with Crippen LogP contribution in [0.1, 0.15) is 6.42 Å². The number of rotatable bonds is 9. The van der Waals surface area contributed by atoms with Gasteiger partial charge in [0.15, 0.2) is 0 Å². The van der Waals surface area contributed by atoms with Crippen molar-refractivity contribution < 1.29 is 13.8 Å². The zero-order valence-electron chi connectivity index (χ0n) is 7.82. The van der Waals surface area contributed by atoms with E-state index < -0.39 is 8.69 Å². The quantitative estimate of drug-likeness (QED) is 0.341. The Hall–Kier alpha value is 0.110. The smallest absolute Gasteiger partial charge is 0.381 e. The monoisotopic (exact) mass is 223 g/mol. The van der Waals surface area contributed by atoms with Crippen LogP contribution in [0.15, 0.2) is 12.7 Å². The number of thioether (sulfide) groups is 1. The van der Waals surface area contributed by atoms with Crippen molar-refractivity contribution in [2.75, 3.05) is 25.2 Å². The minimum Gasteiger partial charge on any atom is -0.381 e. The number of methoxy groups -OCH3 is 1. The fraction of sp³-hybridized carbons (Fsp3) is 0.750. The molecular weight excluding hydrogens is 207 g/mol. The molecule has 3 nitrogen and oxygen atoms in total. The van der Waals surface area contributed by atoms with Gasteiger partial charge in [-0.15, -0.1) is 11.1 Å². The summed E-state index contributed by atoms with van der Waals surface area (Å²) in [5.74, 6) is 1.86. The molecule has 2 atom stereocenters. The van der Waals surface area contributed by atoms with E-state index in [-0.39, 0.29) is 6.10 Å². The molecule has 0 aliphatic rings. The summed E-state index contributed by atoms with van der Waals surface area (Å²) < 4.78 is 20.0. The van der Waals surface area contributed by atoms with E-state index in [1.807, 2.05) is 6.08 Å². The van der Waals surface area contributed by atoms with Crippen LogP contribution in [0.3, 0.4) is 0 Å². The maximum Gasteiger partial charge on any atom is 0.494 e. The molecule has 0 spiro atoms. The van der Waals surface area contributed by atoms with Crippen LogP contribution in [0.4, 0.5) is 0 Å². The third kappa shape index (κ3) is 8.44. The molecule has 76 valence electrons. The zero-order valence-corrected chi connectivity index (χ0v) is 9.64. The molecule has 0 saturated heterocycles. The largest absolute Gasteiger partial charge is 0.494 e. The maximum atomic E-state index is 10.0. The molecule has 5 heteroatoms. The van der Waals surface area contributed by atoms with Gasteiger partial charge in [-0.25, -0.2) is 0 Å². The second-order valence-electron chi connectivity index (χ2n) is 2.40. The lowest BCUT2D eigenvalue weighted by Gasteiger charge is -2.12. The lowest BCUT2D eigenvalue weighted by molar-refractivity contribution is 0.101. The normalized spacial score (nSPS) is 13.0. The highest BCUT2D eigenvalue weighted by atomic mass is 32.2. The third-order valence-electron chi connectivity index (χ3n) is 1.47. The Morgan fingerprint density at radius 2 is 2.46 bits per heavy atom. The molecule has 0 rings (SSSR count). The summed E-state index contributed by atoms with van der Waals surface area (Å²) in [6.07, 6.45) is 2.84. The van der Waals surface area contributed by atoms with E-state index >= 15 is 0 Å². The molecule has 0 aromatic rings. The van der Waals surface area contributed by atoms with Crippen molar-refractivity contribution in [1.82, 2.24) is 0 Å². The van der Waals surface area contributed by atoms with Crippen molar-refractivity contribution in [3.8, 4) is 0 Å². The molecular formula is C8H16O3PS+. The van der Waals surface area contributed by atoms with Crippen LogP contribution in [-0.4, -0.2) is 31.3 Å². The summed E-state index contributed by atoms with van der Waals surface area (Å²) in [5, 5.41) is 0. The predicted molar refractivity (Wildman–Crippen MR) is 57.9 cm³/mol. The Kier molecular flexibility index (Phi) is 10.3. The Bertz CT molecular complexity index is 129. The minimum absolute atomic E-state index is 0.182. The van der Waals surface area contributed by atoms with Gasteiger partial charge in [0.1, 0.15) is 6.61 Å². The van der Waals surface area contributed by atoms with Crippen LogP contribution in [0.25, 0.3) is 0 Å². The van der Waals surface area contributed by atoms with E-state index in [1.165, 1.54) is 0 Å². The van der Waals surface area contributed by atoms with E-state index in [1.54, 1.807) is 18.9 Å². The van der Waals surface area contributed by atoms with Gasteiger partial charge in [-0.05, 0) is 4.57 Å². The molecule has 1 unspecified atom stereocenters. The van der Waals surface area contributed by atoms with Gasteiger partial charge < -0.3 is 4.74 Å². The Labute approximate surface area is 85.2 Å². The predicted octanol–water partition coefficient (Wildman–Crippen LogP) is 2.27. The summed E-state index contributed by atoms with van der Waals surface area (Å²) >= 11 is 1.77. The van der Waals surface area contributed by atoms with Crippen LogP contribution in [0.5, 0.6) is 0 Å². The Morgan fingerprint density at radius 3 is 3.00 bits per heavy atom. The van der Waals surface area contributed by atoms with Gasteiger partial charge in [0, 0.05) is 25.0 Å². The molecule has 0 aromatic heterocycles. The Morgan fingerprint density at radius 1 is 1.69 bits per heavy atom. The van der Waals surface area contributed by atoms with Gasteiger partial charge in [0.2, 0.25) is 0 Å². The highest BCUT2D eigenvalue weighted by Gasteiger charge is 2.07. The summed E-state index contributed by atoms with van der Waals surface area (Å²) in [7, 11) is 1.01. The first-order valence-electron chi connectivity index (χ1n) is 4.05. The molecule has 0 N–H and O–H groups in total. The van der Waals surface area contributed by atoms with Gasteiger partial charge >= 0.3 is 8.69 Å². The first kappa shape index (κ1) is 13.1. The summed E-state index contributed by atoms with van der Waals surface area (Å²) in [5.41, 5.74) is 0. The van der Waals surface area contributed by atoms with Crippen molar-refractivity contribution in [2.45, 2.75) is 12.5 Å². The summed E-state index contributed by atoms with van der Waals surface area (Å²) in [4.78, 5) is 0. The summed E-state index contributed by atoms with van der Waals surface area (Å²) in [6, 6.07) is 0. The molecule has 0 aromatic carbocycles. The average molecular weight is 223 g/mol. The maximum absolute atomic E-state index is 10.0. The van der Waals surface area contributed by atoms with Gasteiger partial charge in [-0.3, -0.25) is 0 Å². The fourth-order valence-corrected chi connectivity index (χ4v) is 1.85. The zero-order chi connectivity index (χ0) is 9.94. The number of ether oxygens (including phenoxy) is 1. The average Bonchev–Trinajstić information content (AvgIpc) is 2.16. The second kappa shape index (κ2) is 10.2. The second-order valence-corrected chi connectivity index (χ2v) is 3.93. The molecule has 0 bridgehead atoms. The first-order valence-corrected chi connectivity index (χ1v) is 6.02. The van der Waals surface area contributed by atoms with Crippen molar-refractivity contribution >= 4 is 20.4 Å². The van der Waals surface area contributed by atoms with E-state index in [0.29, 0.717) is 6.61 Å². The number of hydrogen-bond acceptors (Lipinski definition) is 4. The van der Waals surface area contributed by atoms with E-state index in [4.69, 9.17) is 9.26 Å². The molecule has 0 fully saturated rings. The Balaban J connectivity index is 3.38. The van der Waals surface area contributed by atoms with Crippen LogP contribution < -0.4 is 0 Å². The van der Waals surface area contributed by atoms with Gasteiger partial charge in [-0.2, -0.15) is 11.8 Å². The summed E-state index contributed by atoms with van der Waals surface area (Å²) in [6.45, 7) is 4.13. The van der Waals surface area contributed by atoms with Crippen LogP contribution >= 0.6 is 20.4 Å². The van der Waals surface area contributed by atoms with Crippen LogP contribution in [0.2, 0.25) is 0 Å². The van der Waals surface area contributed by atoms with Gasteiger partial charge in [0.05, 0.1) is 6.10 Å². The highest BCUT2D eigenvalue weighted by Crippen LogP contribution is 2.09. The highest BCUT2D eigenvalue weighted by molar-refractivity contribution is 7.99. The lowest BCUT2D eigenvalue weighted by Crippen LogP contribution is -2.15. The van der Waals surface area contributed by atoms with Gasteiger partial charge in [-0.1, -0.05) is 6.08 Å². The van der Waals surface area contributed by atoms with Crippen LogP contribution in [0, 0.1) is 0 Å². The van der Waals surface area contributed by atoms with Crippen molar-refractivity contribution in [3.63, 3.8) is 0 Å². The SMILES string of the molecule is C=CCSC[C@@H](CCO[PH+]=O)OC. The van der Waals surface area contributed by atoms with Crippen molar-refractivity contribution in [3.05, 3.63) is 12.7 Å². The first-order chi connectivity index (χ1) is 6.35. The molecule has 13 heavy (non-hydrogen) atoms. The minimum atomic E-state index is -0.667. The molecule has 0 aliphatic carbocycles.